The van der Waals surface area contributed by atoms with Gasteiger partial charge in [0.2, 0.25) is 0 Å². The molecule has 0 unspecified atom stereocenters. The van der Waals surface area contributed by atoms with E-state index in [0.29, 0.717) is 21.6 Å². The van der Waals surface area contributed by atoms with Crippen molar-refractivity contribution in [1.82, 2.24) is 14.9 Å². The van der Waals surface area contributed by atoms with Crippen LogP contribution in [0.2, 0.25) is 0 Å². The first-order valence-corrected chi connectivity index (χ1v) is 7.71. The number of aromatic nitrogens is 2. The molecule has 22 heavy (non-hydrogen) atoms. The van der Waals surface area contributed by atoms with Gasteiger partial charge in [-0.2, -0.15) is 0 Å². The van der Waals surface area contributed by atoms with Crippen molar-refractivity contribution in [2.24, 2.45) is 0 Å². The van der Waals surface area contributed by atoms with Gasteiger partial charge in [0.05, 0.1) is 12.1 Å². The molecule has 0 spiro atoms. The Labute approximate surface area is 131 Å². The summed E-state index contributed by atoms with van der Waals surface area (Å²) in [6, 6.07) is 9.23. The second-order valence-corrected chi connectivity index (χ2v) is 6.09. The Morgan fingerprint density at radius 2 is 2.18 bits per heavy atom. The summed E-state index contributed by atoms with van der Waals surface area (Å²) >= 11 is 1.36. The molecule has 0 atom stereocenters. The summed E-state index contributed by atoms with van der Waals surface area (Å²) in [5.41, 5.74) is 2.17. The number of H-pyrrole nitrogens is 1. The summed E-state index contributed by atoms with van der Waals surface area (Å²) in [5, 5.41) is 1.83. The van der Waals surface area contributed by atoms with Gasteiger partial charge >= 0.3 is 0 Å². The summed E-state index contributed by atoms with van der Waals surface area (Å²) in [6.45, 7) is 2.20. The zero-order chi connectivity index (χ0) is 15.7. The average molecular weight is 313 g/mol. The van der Waals surface area contributed by atoms with Gasteiger partial charge in [0.1, 0.15) is 10.5 Å². The molecule has 0 aliphatic rings. The largest absolute Gasteiger partial charge is 0.334 e. The van der Waals surface area contributed by atoms with Crippen LogP contribution in [-0.4, -0.2) is 27.8 Å². The Morgan fingerprint density at radius 3 is 2.95 bits per heavy atom. The van der Waals surface area contributed by atoms with Crippen LogP contribution in [-0.2, 0) is 6.54 Å². The SMILES string of the molecule is Cc1cccc(C(=O)N(C)Cc2nc3ccsc3c(=O)[nH]2)c1. The topological polar surface area (TPSA) is 66.1 Å². The molecule has 6 heteroatoms. The van der Waals surface area contributed by atoms with Gasteiger partial charge in [0.15, 0.2) is 0 Å². The van der Waals surface area contributed by atoms with Gasteiger partial charge in [0.25, 0.3) is 11.5 Å². The number of nitrogens with zero attached hydrogens (tertiary/aromatic N) is 2. The minimum Gasteiger partial charge on any atom is -0.334 e. The summed E-state index contributed by atoms with van der Waals surface area (Å²) < 4.78 is 0.608. The molecule has 1 aromatic carbocycles. The van der Waals surface area contributed by atoms with Crippen molar-refractivity contribution in [3.63, 3.8) is 0 Å². The van der Waals surface area contributed by atoms with Gasteiger partial charge in [-0.25, -0.2) is 4.98 Å². The molecular weight excluding hydrogens is 298 g/mol. The molecule has 0 fully saturated rings. The number of carbonyl (C=O) groups is 1. The highest BCUT2D eigenvalue weighted by Gasteiger charge is 2.14. The third kappa shape index (κ3) is 2.78. The lowest BCUT2D eigenvalue weighted by Crippen LogP contribution is -2.28. The third-order valence-corrected chi connectivity index (χ3v) is 4.26. The van der Waals surface area contributed by atoms with Gasteiger partial charge in [-0.3, -0.25) is 9.59 Å². The number of aryl methyl sites for hydroxylation is 1. The molecule has 0 bridgehead atoms. The number of benzene rings is 1. The van der Waals surface area contributed by atoms with Crippen LogP contribution in [0.5, 0.6) is 0 Å². The standard InChI is InChI=1S/C16H15N3O2S/c1-10-4-3-5-11(8-10)16(21)19(2)9-13-17-12-6-7-22-14(12)15(20)18-13/h3-8H,9H2,1-2H3,(H,17,18,20). The molecule has 0 saturated heterocycles. The first-order valence-electron chi connectivity index (χ1n) is 6.83. The van der Waals surface area contributed by atoms with Crippen molar-refractivity contribution < 1.29 is 4.79 Å². The van der Waals surface area contributed by atoms with E-state index in [9.17, 15) is 9.59 Å². The Hall–Kier alpha value is -2.47. The van der Waals surface area contributed by atoms with Gasteiger partial charge in [-0.1, -0.05) is 17.7 Å². The van der Waals surface area contributed by atoms with Crippen molar-refractivity contribution in [2.75, 3.05) is 7.05 Å². The lowest BCUT2D eigenvalue weighted by atomic mass is 10.1. The Bertz CT molecular complexity index is 898. The van der Waals surface area contributed by atoms with E-state index in [2.05, 4.69) is 9.97 Å². The van der Waals surface area contributed by atoms with Crippen LogP contribution in [0.15, 0.2) is 40.5 Å². The summed E-state index contributed by atoms with van der Waals surface area (Å²) in [6.07, 6.45) is 0. The average Bonchev–Trinajstić information content (AvgIpc) is 2.95. The number of rotatable bonds is 3. The number of hydrogen-bond acceptors (Lipinski definition) is 4. The molecule has 0 aliphatic heterocycles. The van der Waals surface area contributed by atoms with Crippen molar-refractivity contribution in [2.45, 2.75) is 13.5 Å². The minimum absolute atomic E-state index is 0.100. The van der Waals surface area contributed by atoms with Crippen LogP contribution in [0, 0.1) is 6.92 Å². The molecule has 0 radical (unpaired) electrons. The van der Waals surface area contributed by atoms with Gasteiger partial charge in [0, 0.05) is 12.6 Å². The normalized spacial score (nSPS) is 10.8. The molecule has 3 rings (SSSR count). The highest BCUT2D eigenvalue weighted by molar-refractivity contribution is 7.17. The molecule has 3 aromatic rings. The number of aromatic amines is 1. The predicted octanol–water partition coefficient (Wildman–Crippen LogP) is 2.57. The van der Waals surface area contributed by atoms with Crippen molar-refractivity contribution in [3.8, 4) is 0 Å². The maximum atomic E-state index is 12.4. The zero-order valence-corrected chi connectivity index (χ0v) is 13.1. The van der Waals surface area contributed by atoms with Crippen molar-refractivity contribution >= 4 is 27.5 Å². The van der Waals surface area contributed by atoms with Gasteiger partial charge in [-0.05, 0) is 30.5 Å². The molecule has 0 saturated carbocycles. The zero-order valence-electron chi connectivity index (χ0n) is 12.3. The quantitative estimate of drug-likeness (QED) is 0.808. The number of carbonyl (C=O) groups excluding carboxylic acids is 1. The number of thiophene rings is 1. The minimum atomic E-state index is -0.161. The highest BCUT2D eigenvalue weighted by Crippen LogP contribution is 2.14. The smallest absolute Gasteiger partial charge is 0.268 e. The van der Waals surface area contributed by atoms with E-state index in [4.69, 9.17) is 0 Å². The number of fused-ring (bicyclic) bond motifs is 1. The van der Waals surface area contributed by atoms with Crippen LogP contribution in [0.4, 0.5) is 0 Å². The predicted molar refractivity (Wildman–Crippen MR) is 87.2 cm³/mol. The summed E-state index contributed by atoms with van der Waals surface area (Å²) in [4.78, 5) is 33.0. The maximum absolute atomic E-state index is 12.4. The van der Waals surface area contributed by atoms with Crippen LogP contribution >= 0.6 is 11.3 Å². The fraction of sp³-hybridized carbons (Fsp3) is 0.188. The molecule has 1 N–H and O–H groups in total. The van der Waals surface area contributed by atoms with E-state index < -0.39 is 0 Å². The maximum Gasteiger partial charge on any atom is 0.268 e. The number of amides is 1. The molecule has 1 amide bonds. The summed E-state index contributed by atoms with van der Waals surface area (Å²) in [5.74, 6) is 0.385. The van der Waals surface area contributed by atoms with E-state index in [1.807, 2.05) is 30.5 Å². The summed E-state index contributed by atoms with van der Waals surface area (Å²) in [7, 11) is 1.70. The first-order chi connectivity index (χ1) is 10.5. The molecule has 2 heterocycles. The molecule has 0 aliphatic carbocycles. The fourth-order valence-corrected chi connectivity index (χ4v) is 3.02. The fourth-order valence-electron chi connectivity index (χ4n) is 2.29. The number of nitrogens with one attached hydrogen (secondary N) is 1. The second-order valence-electron chi connectivity index (χ2n) is 5.18. The molecule has 2 aromatic heterocycles. The van der Waals surface area contributed by atoms with E-state index in [0.717, 1.165) is 5.56 Å². The second kappa shape index (κ2) is 5.73. The van der Waals surface area contributed by atoms with E-state index in [-0.39, 0.29) is 18.0 Å². The molecule has 112 valence electrons. The number of hydrogen-bond donors (Lipinski definition) is 1. The van der Waals surface area contributed by atoms with Gasteiger partial charge in [-0.15, -0.1) is 11.3 Å². The van der Waals surface area contributed by atoms with E-state index >= 15 is 0 Å². The van der Waals surface area contributed by atoms with Gasteiger partial charge < -0.3 is 9.88 Å². The Balaban J connectivity index is 1.84. The lowest BCUT2D eigenvalue weighted by Gasteiger charge is -2.16. The third-order valence-electron chi connectivity index (χ3n) is 3.36. The Morgan fingerprint density at radius 1 is 1.36 bits per heavy atom. The van der Waals surface area contributed by atoms with Crippen molar-refractivity contribution in [1.29, 1.82) is 0 Å². The highest BCUT2D eigenvalue weighted by atomic mass is 32.1. The van der Waals surface area contributed by atoms with Crippen LogP contribution in [0.25, 0.3) is 10.2 Å². The van der Waals surface area contributed by atoms with Crippen LogP contribution < -0.4 is 5.56 Å². The lowest BCUT2D eigenvalue weighted by molar-refractivity contribution is 0.0781. The Kier molecular flexibility index (Phi) is 3.77. The molecule has 5 nitrogen and oxygen atoms in total. The van der Waals surface area contributed by atoms with E-state index in [1.165, 1.54) is 11.3 Å². The monoisotopic (exact) mass is 313 g/mol. The van der Waals surface area contributed by atoms with E-state index in [1.54, 1.807) is 24.1 Å². The molecular formula is C16H15N3O2S. The van der Waals surface area contributed by atoms with Crippen LogP contribution in [0.3, 0.4) is 0 Å². The van der Waals surface area contributed by atoms with Crippen LogP contribution in [0.1, 0.15) is 21.7 Å². The first kappa shape index (κ1) is 14.5. The van der Waals surface area contributed by atoms with Crippen molar-refractivity contribution in [3.05, 3.63) is 63.0 Å².